The molecule has 0 aromatic rings. The topological polar surface area (TPSA) is 78.3 Å². The van der Waals surface area contributed by atoms with Gasteiger partial charge in [-0.3, -0.25) is 4.79 Å². The average Bonchev–Trinajstić information content (AvgIpc) is 2.09. The molecule has 0 rings (SSSR count). The summed E-state index contributed by atoms with van der Waals surface area (Å²) in [4.78, 5) is 22.4. The summed E-state index contributed by atoms with van der Waals surface area (Å²) in [6.45, 7) is 7.53. The van der Waals surface area contributed by atoms with E-state index in [1.165, 1.54) is 0 Å². The molecule has 0 spiro atoms. The molecule has 0 aliphatic carbocycles. The monoisotopic (exact) mass is 218 g/mol. The Kier molecular flexibility index (Phi) is 5.28. The van der Waals surface area contributed by atoms with E-state index in [9.17, 15) is 9.59 Å². The minimum atomic E-state index is -0.864. The van der Waals surface area contributed by atoms with Gasteiger partial charge in [0.1, 0.15) is 0 Å². The molecule has 0 saturated carbocycles. The molecule has 88 valence electrons. The standard InChI is InChI=1S/C10H19NO4/c1-5-15-6-7(8(12)13)11-9(14)10(2,3)4/h7H,5-6H2,1-4H3,(H,11,14)(H,12,13)/p+1. The SMILES string of the molecule is CCOCC(NC(=O)C(C)(C)C)C(=O)[OH2+]. The molecule has 1 unspecified atom stereocenters. The zero-order valence-electron chi connectivity index (χ0n) is 9.72. The van der Waals surface area contributed by atoms with Gasteiger partial charge in [0.05, 0.1) is 6.61 Å². The molecule has 1 amide bonds. The van der Waals surface area contributed by atoms with Crippen molar-refractivity contribution < 1.29 is 19.4 Å². The number of carbonyl (C=O) groups is 2. The summed E-state index contributed by atoms with van der Waals surface area (Å²) in [5.74, 6) is -1.09. The normalized spacial score (nSPS) is 13.3. The van der Waals surface area contributed by atoms with E-state index in [2.05, 4.69) is 5.32 Å². The Hall–Kier alpha value is -1.10. The summed E-state index contributed by atoms with van der Waals surface area (Å²) in [6, 6.07) is -0.864. The molecule has 0 radical (unpaired) electrons. The lowest BCUT2D eigenvalue weighted by Gasteiger charge is -2.20. The summed E-state index contributed by atoms with van der Waals surface area (Å²) >= 11 is 0. The predicted molar refractivity (Wildman–Crippen MR) is 56.5 cm³/mol. The Morgan fingerprint density at radius 3 is 2.27 bits per heavy atom. The van der Waals surface area contributed by atoms with E-state index in [-0.39, 0.29) is 12.5 Å². The number of amides is 1. The first-order chi connectivity index (χ1) is 6.79. The van der Waals surface area contributed by atoms with Crippen LogP contribution < -0.4 is 5.32 Å². The highest BCUT2D eigenvalue weighted by Crippen LogP contribution is 2.12. The maximum absolute atomic E-state index is 11.5. The largest absolute Gasteiger partial charge is 0.563 e. The van der Waals surface area contributed by atoms with Gasteiger partial charge in [0.25, 0.3) is 0 Å². The van der Waals surface area contributed by atoms with E-state index in [1.54, 1.807) is 27.7 Å². The highest BCUT2D eigenvalue weighted by Gasteiger charge is 2.31. The summed E-state index contributed by atoms with van der Waals surface area (Å²) in [6.07, 6.45) is 0. The van der Waals surface area contributed by atoms with Crippen LogP contribution in [0.25, 0.3) is 0 Å². The number of ether oxygens (including phenoxy) is 1. The molecule has 0 aliphatic rings. The van der Waals surface area contributed by atoms with Crippen LogP contribution >= 0.6 is 0 Å². The van der Waals surface area contributed by atoms with Gasteiger partial charge in [0.2, 0.25) is 11.9 Å². The first kappa shape index (κ1) is 13.9. The molecule has 0 aliphatic heterocycles. The Balaban J connectivity index is 4.29. The molecule has 0 heterocycles. The Labute approximate surface area is 89.8 Å². The fourth-order valence-corrected chi connectivity index (χ4v) is 0.793. The molecule has 15 heavy (non-hydrogen) atoms. The summed E-state index contributed by atoms with van der Waals surface area (Å²) in [7, 11) is 0. The molecule has 3 N–H and O–H groups in total. The smallest absolute Gasteiger partial charge is 0.541 e. The quantitative estimate of drug-likeness (QED) is 0.649. The Bertz CT molecular complexity index is 232. The van der Waals surface area contributed by atoms with Crippen molar-refractivity contribution in [3.63, 3.8) is 0 Å². The number of hydrogen-bond donors (Lipinski definition) is 1. The first-order valence-corrected chi connectivity index (χ1v) is 4.93. The third-order valence-electron chi connectivity index (χ3n) is 1.79. The van der Waals surface area contributed by atoms with Gasteiger partial charge in [-0.25, -0.2) is 0 Å². The second-order valence-electron chi connectivity index (χ2n) is 4.30. The lowest BCUT2D eigenvalue weighted by Crippen LogP contribution is -2.48. The van der Waals surface area contributed by atoms with E-state index in [1.807, 2.05) is 0 Å². The van der Waals surface area contributed by atoms with Gasteiger partial charge in [0, 0.05) is 16.8 Å². The van der Waals surface area contributed by atoms with Crippen LogP contribution in [-0.4, -0.2) is 36.2 Å². The minimum Gasteiger partial charge on any atom is -0.563 e. The molecule has 5 nitrogen and oxygen atoms in total. The van der Waals surface area contributed by atoms with E-state index in [0.29, 0.717) is 6.61 Å². The van der Waals surface area contributed by atoms with E-state index in [4.69, 9.17) is 9.84 Å². The second-order valence-corrected chi connectivity index (χ2v) is 4.30. The average molecular weight is 218 g/mol. The van der Waals surface area contributed by atoms with Gasteiger partial charge in [-0.15, -0.1) is 0 Å². The van der Waals surface area contributed by atoms with E-state index < -0.39 is 17.4 Å². The molecular weight excluding hydrogens is 198 g/mol. The fourth-order valence-electron chi connectivity index (χ4n) is 0.793. The lowest BCUT2D eigenvalue weighted by atomic mass is 9.95. The van der Waals surface area contributed by atoms with Crippen molar-refractivity contribution >= 4 is 11.9 Å². The van der Waals surface area contributed by atoms with E-state index in [0.717, 1.165) is 0 Å². The summed E-state index contributed by atoms with van der Waals surface area (Å²) in [5.41, 5.74) is -0.570. The number of nitrogens with one attached hydrogen (secondary N) is 1. The number of rotatable bonds is 5. The molecule has 0 saturated heterocycles. The van der Waals surface area contributed by atoms with Gasteiger partial charge in [-0.05, 0) is 6.92 Å². The lowest BCUT2D eigenvalue weighted by molar-refractivity contribution is -0.145. The maximum atomic E-state index is 11.5. The van der Waals surface area contributed by atoms with Crippen molar-refractivity contribution in [2.24, 2.45) is 5.41 Å². The maximum Gasteiger partial charge on any atom is 0.541 e. The second kappa shape index (κ2) is 5.70. The third-order valence-corrected chi connectivity index (χ3v) is 1.79. The van der Waals surface area contributed by atoms with Gasteiger partial charge >= 0.3 is 5.97 Å². The van der Waals surface area contributed by atoms with Crippen LogP contribution in [-0.2, 0) is 14.3 Å². The summed E-state index contributed by atoms with van der Waals surface area (Å²) < 4.78 is 5.01. The van der Waals surface area contributed by atoms with Crippen LogP contribution in [0.15, 0.2) is 0 Å². The Morgan fingerprint density at radius 1 is 1.40 bits per heavy atom. The van der Waals surface area contributed by atoms with Crippen molar-refractivity contribution in [1.29, 1.82) is 0 Å². The van der Waals surface area contributed by atoms with Crippen molar-refractivity contribution in [3.05, 3.63) is 0 Å². The van der Waals surface area contributed by atoms with Crippen LogP contribution in [0.1, 0.15) is 27.7 Å². The van der Waals surface area contributed by atoms with Crippen molar-refractivity contribution in [3.8, 4) is 0 Å². The van der Waals surface area contributed by atoms with Gasteiger partial charge in [-0.1, -0.05) is 20.8 Å². The van der Waals surface area contributed by atoms with Gasteiger partial charge in [0.15, 0.2) is 0 Å². The third kappa shape index (κ3) is 5.37. The highest BCUT2D eigenvalue weighted by molar-refractivity contribution is 5.86. The molecule has 0 bridgehead atoms. The number of carbonyl (C=O) groups excluding carboxylic acids is 2. The minimum absolute atomic E-state index is 0.0562. The van der Waals surface area contributed by atoms with Crippen LogP contribution in [0.2, 0.25) is 0 Å². The molecule has 0 aromatic heterocycles. The molecule has 0 fully saturated rings. The van der Waals surface area contributed by atoms with Gasteiger partial charge < -0.3 is 15.2 Å². The molecule has 0 aromatic carbocycles. The zero-order valence-corrected chi connectivity index (χ0v) is 9.72. The predicted octanol–water partition coefficient (Wildman–Crippen LogP) is -0.195. The number of hydrogen-bond acceptors (Lipinski definition) is 3. The van der Waals surface area contributed by atoms with Crippen molar-refractivity contribution in [1.82, 2.24) is 5.32 Å². The van der Waals surface area contributed by atoms with Crippen molar-refractivity contribution in [2.75, 3.05) is 13.2 Å². The van der Waals surface area contributed by atoms with Crippen molar-refractivity contribution in [2.45, 2.75) is 33.7 Å². The fraction of sp³-hybridized carbons (Fsp3) is 0.800. The molecule has 5 heteroatoms. The van der Waals surface area contributed by atoms with Gasteiger partial charge in [-0.2, -0.15) is 0 Å². The summed E-state index contributed by atoms with van der Waals surface area (Å²) in [5, 5.41) is 9.47. The first-order valence-electron chi connectivity index (χ1n) is 4.93. The van der Waals surface area contributed by atoms with Crippen LogP contribution in [0.5, 0.6) is 0 Å². The zero-order chi connectivity index (χ0) is 12.1. The molecular formula is C10H20NO4+. The van der Waals surface area contributed by atoms with E-state index >= 15 is 0 Å². The van der Waals surface area contributed by atoms with Crippen LogP contribution in [0, 0.1) is 5.41 Å². The Morgan fingerprint density at radius 2 is 1.93 bits per heavy atom. The van der Waals surface area contributed by atoms with Crippen LogP contribution in [0.3, 0.4) is 0 Å². The van der Waals surface area contributed by atoms with Crippen LogP contribution in [0.4, 0.5) is 0 Å². The highest BCUT2D eigenvalue weighted by atomic mass is 16.5. The molecule has 1 atom stereocenters.